The normalized spacial score (nSPS) is 10.5. The van der Waals surface area contributed by atoms with Crippen molar-refractivity contribution in [1.29, 1.82) is 0 Å². The summed E-state index contributed by atoms with van der Waals surface area (Å²) in [5, 5.41) is 0. The number of carbonyl (C=O) groups is 1. The standard InChI is InChI=1S/C9H8F3NO2/c1-4-6(7(10)11)5(9(14)15-2)3-13-8(4)12/h3,7H,1-2H3. The maximum Gasteiger partial charge on any atom is 0.339 e. The van der Waals surface area contributed by atoms with Crippen LogP contribution < -0.4 is 0 Å². The fourth-order valence-electron chi connectivity index (χ4n) is 1.15. The highest BCUT2D eigenvalue weighted by molar-refractivity contribution is 5.91. The summed E-state index contributed by atoms with van der Waals surface area (Å²) in [7, 11) is 1.05. The van der Waals surface area contributed by atoms with Gasteiger partial charge in [-0.2, -0.15) is 4.39 Å². The molecule has 1 aromatic rings. The minimum absolute atomic E-state index is 0.340. The molecule has 0 aromatic carbocycles. The summed E-state index contributed by atoms with van der Waals surface area (Å²) in [6.45, 7) is 1.14. The average molecular weight is 219 g/mol. The third kappa shape index (κ3) is 2.08. The summed E-state index contributed by atoms with van der Waals surface area (Å²) < 4.78 is 42.3. The lowest BCUT2D eigenvalue weighted by Crippen LogP contribution is -2.10. The van der Waals surface area contributed by atoms with Crippen molar-refractivity contribution in [2.75, 3.05) is 7.11 Å². The molecule has 3 nitrogen and oxygen atoms in total. The lowest BCUT2D eigenvalue weighted by atomic mass is 10.1. The number of rotatable bonds is 2. The molecule has 0 unspecified atom stereocenters. The first-order valence-corrected chi connectivity index (χ1v) is 4.00. The number of hydrogen-bond acceptors (Lipinski definition) is 3. The Bertz CT molecular complexity index is 393. The van der Waals surface area contributed by atoms with Gasteiger partial charge in [-0.25, -0.2) is 18.6 Å². The van der Waals surface area contributed by atoms with Crippen molar-refractivity contribution in [1.82, 2.24) is 4.98 Å². The molecule has 0 aliphatic carbocycles. The lowest BCUT2D eigenvalue weighted by Gasteiger charge is -2.09. The van der Waals surface area contributed by atoms with Crippen LogP contribution in [-0.4, -0.2) is 18.1 Å². The van der Waals surface area contributed by atoms with Gasteiger partial charge in [-0.3, -0.25) is 0 Å². The molecule has 0 N–H and O–H groups in total. The van der Waals surface area contributed by atoms with Crippen LogP contribution in [-0.2, 0) is 4.74 Å². The molecule has 0 aliphatic heterocycles. The van der Waals surface area contributed by atoms with E-state index in [1.807, 2.05) is 0 Å². The molecule has 0 radical (unpaired) electrons. The molecule has 0 spiro atoms. The smallest absolute Gasteiger partial charge is 0.339 e. The molecule has 6 heteroatoms. The van der Waals surface area contributed by atoms with Gasteiger partial charge in [0.25, 0.3) is 6.43 Å². The van der Waals surface area contributed by atoms with E-state index in [0.717, 1.165) is 20.2 Å². The summed E-state index contributed by atoms with van der Waals surface area (Å²) in [6.07, 6.45) is -2.20. The average Bonchev–Trinajstić information content (AvgIpc) is 2.20. The molecule has 1 aromatic heterocycles. The predicted molar refractivity (Wildman–Crippen MR) is 45.2 cm³/mol. The Morgan fingerprint density at radius 3 is 2.60 bits per heavy atom. The van der Waals surface area contributed by atoms with Gasteiger partial charge in [0.2, 0.25) is 5.95 Å². The van der Waals surface area contributed by atoms with Gasteiger partial charge in [0.15, 0.2) is 0 Å². The summed E-state index contributed by atoms with van der Waals surface area (Å²) in [4.78, 5) is 14.3. The minimum atomic E-state index is -2.95. The quantitative estimate of drug-likeness (QED) is 0.565. The molecule has 0 saturated heterocycles. The molecule has 1 rings (SSSR count). The van der Waals surface area contributed by atoms with Gasteiger partial charge in [0.1, 0.15) is 0 Å². The molecule has 0 saturated carbocycles. The van der Waals surface area contributed by atoms with Gasteiger partial charge in [-0.1, -0.05) is 0 Å². The third-order valence-corrected chi connectivity index (χ3v) is 1.93. The zero-order chi connectivity index (χ0) is 11.6. The Balaban J connectivity index is 3.40. The zero-order valence-corrected chi connectivity index (χ0v) is 8.05. The Hall–Kier alpha value is -1.59. The monoisotopic (exact) mass is 219 g/mol. The fraction of sp³-hybridized carbons (Fsp3) is 0.333. The van der Waals surface area contributed by atoms with Crippen molar-refractivity contribution in [3.8, 4) is 0 Å². The van der Waals surface area contributed by atoms with Crippen LogP contribution in [0.5, 0.6) is 0 Å². The van der Waals surface area contributed by atoms with Gasteiger partial charge >= 0.3 is 5.97 Å². The van der Waals surface area contributed by atoms with Crippen LogP contribution in [0.25, 0.3) is 0 Å². The van der Waals surface area contributed by atoms with Gasteiger partial charge in [0.05, 0.1) is 12.7 Å². The Kier molecular flexibility index (Phi) is 3.28. The highest BCUT2D eigenvalue weighted by Gasteiger charge is 2.23. The molecule has 82 valence electrons. The van der Waals surface area contributed by atoms with E-state index in [-0.39, 0.29) is 5.56 Å². The number of esters is 1. The van der Waals surface area contributed by atoms with Crippen molar-refractivity contribution >= 4 is 5.97 Å². The summed E-state index contributed by atoms with van der Waals surface area (Å²) in [5.74, 6) is -1.97. The summed E-state index contributed by atoms with van der Waals surface area (Å²) in [5.41, 5.74) is -1.42. The summed E-state index contributed by atoms with van der Waals surface area (Å²) >= 11 is 0. The van der Waals surface area contributed by atoms with Crippen LogP contribution in [0.2, 0.25) is 0 Å². The SMILES string of the molecule is COC(=O)c1cnc(F)c(C)c1C(F)F. The number of methoxy groups -OCH3 is 1. The highest BCUT2D eigenvalue weighted by atomic mass is 19.3. The maximum atomic E-state index is 12.9. The summed E-state index contributed by atoms with van der Waals surface area (Å²) in [6, 6.07) is 0. The second-order valence-electron chi connectivity index (χ2n) is 2.79. The topological polar surface area (TPSA) is 39.2 Å². The van der Waals surface area contributed by atoms with E-state index in [4.69, 9.17) is 0 Å². The van der Waals surface area contributed by atoms with Crippen LogP contribution in [0.1, 0.15) is 27.9 Å². The fourth-order valence-corrected chi connectivity index (χ4v) is 1.15. The van der Waals surface area contributed by atoms with Crippen LogP contribution in [0.3, 0.4) is 0 Å². The van der Waals surface area contributed by atoms with Crippen molar-refractivity contribution in [2.24, 2.45) is 0 Å². The molecule has 15 heavy (non-hydrogen) atoms. The maximum absolute atomic E-state index is 12.9. The predicted octanol–water partition coefficient (Wildman–Crippen LogP) is 2.25. The van der Waals surface area contributed by atoms with E-state index >= 15 is 0 Å². The number of alkyl halides is 2. The van der Waals surface area contributed by atoms with Crippen molar-refractivity contribution in [2.45, 2.75) is 13.3 Å². The first kappa shape index (κ1) is 11.5. The van der Waals surface area contributed by atoms with Gasteiger partial charge in [-0.05, 0) is 6.92 Å². The van der Waals surface area contributed by atoms with E-state index in [1.54, 1.807) is 0 Å². The van der Waals surface area contributed by atoms with Crippen LogP contribution in [0, 0.1) is 12.9 Å². The van der Waals surface area contributed by atoms with E-state index in [2.05, 4.69) is 9.72 Å². The van der Waals surface area contributed by atoms with Gasteiger partial charge in [-0.15, -0.1) is 0 Å². The largest absolute Gasteiger partial charge is 0.465 e. The highest BCUT2D eigenvalue weighted by Crippen LogP contribution is 2.27. The Labute approximate surface area is 83.9 Å². The van der Waals surface area contributed by atoms with Gasteiger partial charge < -0.3 is 4.74 Å². The third-order valence-electron chi connectivity index (χ3n) is 1.93. The number of carbonyl (C=O) groups excluding carboxylic acids is 1. The minimum Gasteiger partial charge on any atom is -0.465 e. The molecule has 0 bridgehead atoms. The van der Waals surface area contributed by atoms with Crippen molar-refractivity contribution in [3.63, 3.8) is 0 Å². The number of nitrogens with zero attached hydrogens (tertiary/aromatic N) is 1. The van der Waals surface area contributed by atoms with E-state index in [9.17, 15) is 18.0 Å². The van der Waals surface area contributed by atoms with E-state index < -0.39 is 29.5 Å². The number of aromatic nitrogens is 1. The van der Waals surface area contributed by atoms with Crippen molar-refractivity contribution < 1.29 is 22.7 Å². The second kappa shape index (κ2) is 4.29. The lowest BCUT2D eigenvalue weighted by molar-refractivity contribution is 0.0588. The number of halogens is 3. The first-order chi connectivity index (χ1) is 6.99. The molecule has 0 fully saturated rings. The van der Waals surface area contributed by atoms with Crippen molar-refractivity contribution in [3.05, 3.63) is 28.8 Å². The molecule has 0 atom stereocenters. The van der Waals surface area contributed by atoms with Crippen LogP contribution >= 0.6 is 0 Å². The molecular weight excluding hydrogens is 211 g/mol. The number of ether oxygens (including phenoxy) is 1. The van der Waals surface area contributed by atoms with Gasteiger partial charge in [0, 0.05) is 17.3 Å². The van der Waals surface area contributed by atoms with Crippen LogP contribution in [0.4, 0.5) is 13.2 Å². The first-order valence-electron chi connectivity index (χ1n) is 4.00. The van der Waals surface area contributed by atoms with E-state index in [0.29, 0.717) is 0 Å². The number of hydrogen-bond donors (Lipinski definition) is 0. The zero-order valence-electron chi connectivity index (χ0n) is 8.05. The molecular formula is C9H8F3NO2. The Morgan fingerprint density at radius 2 is 2.13 bits per heavy atom. The molecule has 0 amide bonds. The second-order valence-corrected chi connectivity index (χ2v) is 2.79. The number of pyridine rings is 1. The molecule has 0 aliphatic rings. The Morgan fingerprint density at radius 1 is 1.53 bits per heavy atom. The molecule has 1 heterocycles. The van der Waals surface area contributed by atoms with E-state index in [1.165, 1.54) is 0 Å². The van der Waals surface area contributed by atoms with Crippen LogP contribution in [0.15, 0.2) is 6.20 Å².